The molecule has 6 nitrogen and oxygen atoms in total. The first-order chi connectivity index (χ1) is 9.08. The SMILES string of the molecule is O=C(Nc1ccc(F)c(-c2ncn[nH]2)c1)C1(O)CC1. The minimum absolute atomic E-state index is 0.207. The smallest absolute Gasteiger partial charge is 0.256 e. The van der Waals surface area contributed by atoms with Crippen LogP contribution in [0.3, 0.4) is 0 Å². The van der Waals surface area contributed by atoms with Crippen molar-refractivity contribution in [3.63, 3.8) is 0 Å². The van der Waals surface area contributed by atoms with Gasteiger partial charge in [0, 0.05) is 5.69 Å². The van der Waals surface area contributed by atoms with Crippen LogP contribution in [0.25, 0.3) is 11.4 Å². The molecule has 1 aliphatic carbocycles. The van der Waals surface area contributed by atoms with Crippen LogP contribution in [-0.2, 0) is 4.79 Å². The molecule has 3 N–H and O–H groups in total. The maximum atomic E-state index is 13.7. The predicted molar refractivity (Wildman–Crippen MR) is 64.6 cm³/mol. The Bertz CT molecular complexity index is 623. The molecule has 0 unspecified atom stereocenters. The molecule has 1 fully saturated rings. The van der Waals surface area contributed by atoms with Crippen LogP contribution in [0.15, 0.2) is 24.5 Å². The van der Waals surface area contributed by atoms with Crippen molar-refractivity contribution in [1.82, 2.24) is 15.2 Å². The molecule has 19 heavy (non-hydrogen) atoms. The highest BCUT2D eigenvalue weighted by molar-refractivity contribution is 5.99. The van der Waals surface area contributed by atoms with Gasteiger partial charge in [0.25, 0.3) is 5.91 Å². The highest BCUT2D eigenvalue weighted by Crippen LogP contribution is 2.36. The number of halogens is 1. The first-order valence-electron chi connectivity index (χ1n) is 5.78. The normalized spacial score (nSPS) is 16.1. The first kappa shape index (κ1) is 11.8. The molecule has 0 spiro atoms. The van der Waals surface area contributed by atoms with Crippen molar-refractivity contribution < 1.29 is 14.3 Å². The summed E-state index contributed by atoms with van der Waals surface area (Å²) in [6, 6.07) is 4.10. The Morgan fingerprint density at radius 1 is 1.47 bits per heavy atom. The summed E-state index contributed by atoms with van der Waals surface area (Å²) in [6.45, 7) is 0. The number of aliphatic hydroxyl groups is 1. The lowest BCUT2D eigenvalue weighted by Crippen LogP contribution is -2.29. The Kier molecular flexibility index (Phi) is 2.56. The summed E-state index contributed by atoms with van der Waals surface area (Å²) in [5, 5.41) is 18.4. The topological polar surface area (TPSA) is 90.9 Å². The number of nitrogens with one attached hydrogen (secondary N) is 2. The van der Waals surface area contributed by atoms with E-state index >= 15 is 0 Å². The zero-order chi connectivity index (χ0) is 13.5. The average molecular weight is 262 g/mol. The van der Waals surface area contributed by atoms with Gasteiger partial charge in [-0.15, -0.1) is 0 Å². The molecule has 1 amide bonds. The Morgan fingerprint density at radius 3 is 2.89 bits per heavy atom. The third kappa shape index (κ3) is 2.19. The fourth-order valence-electron chi connectivity index (χ4n) is 1.71. The number of aromatic amines is 1. The highest BCUT2D eigenvalue weighted by atomic mass is 19.1. The van der Waals surface area contributed by atoms with Crippen LogP contribution in [0.2, 0.25) is 0 Å². The lowest BCUT2D eigenvalue weighted by atomic mass is 10.1. The minimum Gasteiger partial charge on any atom is -0.380 e. The van der Waals surface area contributed by atoms with Crippen LogP contribution in [0.5, 0.6) is 0 Å². The van der Waals surface area contributed by atoms with Gasteiger partial charge in [0.05, 0.1) is 5.56 Å². The summed E-state index contributed by atoms with van der Waals surface area (Å²) in [6.07, 6.45) is 2.18. The second-order valence-electron chi connectivity index (χ2n) is 4.51. The van der Waals surface area contributed by atoms with E-state index in [9.17, 15) is 14.3 Å². The number of anilines is 1. The van der Waals surface area contributed by atoms with E-state index in [2.05, 4.69) is 20.5 Å². The van der Waals surface area contributed by atoms with E-state index in [4.69, 9.17) is 0 Å². The van der Waals surface area contributed by atoms with Crippen molar-refractivity contribution in [3.05, 3.63) is 30.3 Å². The van der Waals surface area contributed by atoms with Crippen molar-refractivity contribution >= 4 is 11.6 Å². The van der Waals surface area contributed by atoms with Gasteiger partial charge in [-0.05, 0) is 31.0 Å². The number of rotatable bonds is 3. The molecule has 0 aliphatic heterocycles. The molecule has 1 heterocycles. The number of H-pyrrole nitrogens is 1. The fraction of sp³-hybridized carbons (Fsp3) is 0.250. The molecule has 3 rings (SSSR count). The van der Waals surface area contributed by atoms with Gasteiger partial charge in [-0.1, -0.05) is 0 Å². The molecule has 1 aromatic heterocycles. The van der Waals surface area contributed by atoms with Gasteiger partial charge >= 0.3 is 0 Å². The van der Waals surface area contributed by atoms with E-state index in [1.165, 1.54) is 24.5 Å². The Labute approximate surface area is 107 Å². The lowest BCUT2D eigenvalue weighted by molar-refractivity contribution is -0.125. The van der Waals surface area contributed by atoms with E-state index in [0.717, 1.165) is 0 Å². The second-order valence-corrected chi connectivity index (χ2v) is 4.51. The monoisotopic (exact) mass is 262 g/mol. The van der Waals surface area contributed by atoms with Crippen LogP contribution in [0.4, 0.5) is 10.1 Å². The zero-order valence-electron chi connectivity index (χ0n) is 9.85. The summed E-state index contributed by atoms with van der Waals surface area (Å²) in [5.74, 6) is -0.666. The molecule has 0 saturated heterocycles. The quantitative estimate of drug-likeness (QED) is 0.771. The molecule has 7 heteroatoms. The summed E-state index contributed by atoms with van der Waals surface area (Å²) < 4.78 is 13.7. The Hall–Kier alpha value is -2.28. The number of aromatic nitrogens is 3. The van der Waals surface area contributed by atoms with E-state index in [1.54, 1.807) is 0 Å². The Balaban J connectivity index is 1.87. The molecule has 1 saturated carbocycles. The number of hydrogen-bond acceptors (Lipinski definition) is 4. The third-order valence-electron chi connectivity index (χ3n) is 3.04. The van der Waals surface area contributed by atoms with Gasteiger partial charge in [-0.3, -0.25) is 9.89 Å². The third-order valence-corrected chi connectivity index (χ3v) is 3.04. The van der Waals surface area contributed by atoms with Gasteiger partial charge in [-0.2, -0.15) is 5.10 Å². The largest absolute Gasteiger partial charge is 0.380 e. The standard InChI is InChI=1S/C12H11FN4O2/c13-9-2-1-7(16-11(18)12(19)3-4-12)5-8(9)10-14-6-15-17-10/h1-2,5-6,19H,3-4H2,(H,16,18)(H,14,15,17). The molecule has 98 valence electrons. The molecular weight excluding hydrogens is 251 g/mol. The van der Waals surface area contributed by atoms with Crippen molar-refractivity contribution in [2.24, 2.45) is 0 Å². The minimum atomic E-state index is -1.26. The van der Waals surface area contributed by atoms with Gasteiger partial charge in [-0.25, -0.2) is 9.37 Å². The van der Waals surface area contributed by atoms with Crippen LogP contribution in [-0.4, -0.2) is 31.8 Å². The predicted octanol–water partition coefficient (Wildman–Crippen LogP) is 1.07. The first-order valence-corrected chi connectivity index (χ1v) is 5.78. The van der Waals surface area contributed by atoms with Gasteiger partial charge in [0.1, 0.15) is 17.7 Å². The average Bonchev–Trinajstić information content (AvgIpc) is 2.93. The Morgan fingerprint density at radius 2 is 2.26 bits per heavy atom. The van der Waals surface area contributed by atoms with Crippen LogP contribution >= 0.6 is 0 Å². The van der Waals surface area contributed by atoms with Crippen molar-refractivity contribution in [2.75, 3.05) is 5.32 Å². The zero-order valence-corrected chi connectivity index (χ0v) is 9.85. The maximum absolute atomic E-state index is 13.7. The second kappa shape index (κ2) is 4.13. The van der Waals surface area contributed by atoms with Crippen LogP contribution in [0.1, 0.15) is 12.8 Å². The number of benzene rings is 1. The number of hydrogen-bond donors (Lipinski definition) is 3. The summed E-state index contributed by atoms with van der Waals surface area (Å²) in [4.78, 5) is 15.5. The van der Waals surface area contributed by atoms with E-state index in [1.807, 2.05) is 0 Å². The van der Waals surface area contributed by atoms with Crippen LogP contribution < -0.4 is 5.32 Å². The van der Waals surface area contributed by atoms with Gasteiger partial charge < -0.3 is 10.4 Å². The van der Waals surface area contributed by atoms with Crippen molar-refractivity contribution in [2.45, 2.75) is 18.4 Å². The molecule has 2 aromatic rings. The van der Waals surface area contributed by atoms with Crippen molar-refractivity contribution in [3.8, 4) is 11.4 Å². The molecular formula is C12H11FN4O2. The molecule has 1 aliphatic rings. The van der Waals surface area contributed by atoms with E-state index < -0.39 is 17.3 Å². The summed E-state index contributed by atoms with van der Waals surface area (Å²) in [5.41, 5.74) is -0.656. The number of carbonyl (C=O) groups is 1. The highest BCUT2D eigenvalue weighted by Gasteiger charge is 2.48. The molecule has 0 atom stereocenters. The number of carbonyl (C=O) groups excluding carboxylic acids is 1. The van der Waals surface area contributed by atoms with E-state index in [0.29, 0.717) is 18.5 Å². The number of nitrogens with zero attached hydrogens (tertiary/aromatic N) is 2. The van der Waals surface area contributed by atoms with Crippen LogP contribution in [0, 0.1) is 5.82 Å². The maximum Gasteiger partial charge on any atom is 0.256 e. The van der Waals surface area contributed by atoms with Gasteiger partial charge in [0.2, 0.25) is 0 Å². The fourth-order valence-corrected chi connectivity index (χ4v) is 1.71. The summed E-state index contributed by atoms with van der Waals surface area (Å²) >= 11 is 0. The molecule has 0 bridgehead atoms. The molecule has 1 aromatic carbocycles. The number of amides is 1. The molecule has 0 radical (unpaired) electrons. The van der Waals surface area contributed by atoms with Crippen molar-refractivity contribution in [1.29, 1.82) is 0 Å². The lowest BCUT2D eigenvalue weighted by Gasteiger charge is -2.10. The van der Waals surface area contributed by atoms with Gasteiger partial charge in [0.15, 0.2) is 5.82 Å². The van der Waals surface area contributed by atoms with E-state index in [-0.39, 0.29) is 11.4 Å². The summed E-state index contributed by atoms with van der Waals surface area (Å²) in [7, 11) is 0.